The van der Waals surface area contributed by atoms with Gasteiger partial charge in [-0.15, -0.1) is 0 Å². The van der Waals surface area contributed by atoms with Gasteiger partial charge in [-0.3, -0.25) is 10.1 Å². The van der Waals surface area contributed by atoms with Crippen molar-refractivity contribution < 1.29 is 19.7 Å². The summed E-state index contributed by atoms with van der Waals surface area (Å²) in [5, 5.41) is 22.2. The lowest BCUT2D eigenvalue weighted by molar-refractivity contribution is -0.137. The van der Waals surface area contributed by atoms with Gasteiger partial charge in [0, 0.05) is 25.2 Å². The zero-order valence-corrected chi connectivity index (χ0v) is 12.4. The second-order valence-corrected chi connectivity index (χ2v) is 5.33. The van der Waals surface area contributed by atoms with Gasteiger partial charge in [-0.1, -0.05) is 0 Å². The van der Waals surface area contributed by atoms with Crippen LogP contribution >= 0.6 is 0 Å². The van der Waals surface area contributed by atoms with Crippen molar-refractivity contribution in [2.24, 2.45) is 0 Å². The van der Waals surface area contributed by atoms with E-state index < -0.39 is 0 Å². The molecule has 1 aliphatic rings. The normalized spacial score (nSPS) is 18.3. The van der Waals surface area contributed by atoms with Gasteiger partial charge < -0.3 is 19.8 Å². The Bertz CT molecular complexity index is 480. The number of amides is 1. The fourth-order valence-electron chi connectivity index (χ4n) is 2.47. The van der Waals surface area contributed by atoms with Crippen LogP contribution in [-0.2, 0) is 9.53 Å². The molecule has 0 bridgehead atoms. The summed E-state index contributed by atoms with van der Waals surface area (Å²) in [6.45, 7) is 6.09. The highest BCUT2D eigenvalue weighted by atomic mass is 16.5. The number of ether oxygens (including phenoxy) is 1. The van der Waals surface area contributed by atoms with Crippen LogP contribution in [0.4, 0.5) is 0 Å². The third kappa shape index (κ3) is 4.09. The SMILES string of the molecule is CC(NC(C)c1cc(O)cc(O)c1)C(=O)N1CCOCC1. The van der Waals surface area contributed by atoms with Crippen molar-refractivity contribution in [3.05, 3.63) is 23.8 Å². The van der Waals surface area contributed by atoms with Crippen LogP contribution in [0.15, 0.2) is 18.2 Å². The molecule has 1 amide bonds. The maximum absolute atomic E-state index is 12.3. The molecule has 2 atom stereocenters. The highest BCUT2D eigenvalue weighted by molar-refractivity contribution is 5.81. The second-order valence-electron chi connectivity index (χ2n) is 5.33. The number of carbonyl (C=O) groups excluding carboxylic acids is 1. The Kier molecular flexibility index (Phi) is 5.03. The van der Waals surface area contributed by atoms with Crippen LogP contribution in [0.25, 0.3) is 0 Å². The first kappa shape index (κ1) is 15.6. The Balaban J connectivity index is 1.97. The number of aromatic hydroxyl groups is 2. The number of phenols is 2. The molecule has 3 N–H and O–H groups in total. The molecule has 6 nitrogen and oxygen atoms in total. The fraction of sp³-hybridized carbons (Fsp3) is 0.533. The first-order chi connectivity index (χ1) is 9.97. The van der Waals surface area contributed by atoms with Crippen LogP contribution in [0.1, 0.15) is 25.5 Å². The van der Waals surface area contributed by atoms with Crippen molar-refractivity contribution in [3.63, 3.8) is 0 Å². The zero-order valence-electron chi connectivity index (χ0n) is 12.4. The molecule has 21 heavy (non-hydrogen) atoms. The monoisotopic (exact) mass is 294 g/mol. The Hall–Kier alpha value is -1.79. The van der Waals surface area contributed by atoms with Gasteiger partial charge in [0.2, 0.25) is 5.91 Å². The number of rotatable bonds is 4. The van der Waals surface area contributed by atoms with E-state index in [-0.39, 0.29) is 29.5 Å². The standard InChI is InChI=1S/C15H22N2O4/c1-10(12-7-13(18)9-14(19)8-12)16-11(2)15(20)17-3-5-21-6-4-17/h7-11,16,18-19H,3-6H2,1-2H3. The lowest BCUT2D eigenvalue weighted by Gasteiger charge is -2.30. The fourth-order valence-corrected chi connectivity index (χ4v) is 2.47. The van der Waals surface area contributed by atoms with E-state index in [2.05, 4.69) is 5.32 Å². The Morgan fingerprint density at radius 1 is 1.19 bits per heavy atom. The van der Waals surface area contributed by atoms with E-state index in [0.717, 1.165) is 5.56 Å². The molecular weight excluding hydrogens is 272 g/mol. The lowest BCUT2D eigenvalue weighted by atomic mass is 10.1. The maximum atomic E-state index is 12.3. The van der Waals surface area contributed by atoms with Gasteiger partial charge in [-0.2, -0.15) is 0 Å². The summed E-state index contributed by atoms with van der Waals surface area (Å²) < 4.78 is 5.24. The number of carbonyl (C=O) groups is 1. The maximum Gasteiger partial charge on any atom is 0.239 e. The van der Waals surface area contributed by atoms with Gasteiger partial charge in [0.1, 0.15) is 11.5 Å². The molecule has 1 heterocycles. The molecule has 0 radical (unpaired) electrons. The molecule has 1 aliphatic heterocycles. The van der Waals surface area contributed by atoms with Crippen molar-refractivity contribution in [3.8, 4) is 11.5 Å². The minimum atomic E-state index is -0.345. The number of nitrogens with zero attached hydrogens (tertiary/aromatic N) is 1. The van der Waals surface area contributed by atoms with Crippen LogP contribution in [0.2, 0.25) is 0 Å². The molecule has 0 saturated carbocycles. The third-order valence-corrected chi connectivity index (χ3v) is 3.62. The van der Waals surface area contributed by atoms with Gasteiger partial charge >= 0.3 is 0 Å². The quantitative estimate of drug-likeness (QED) is 0.771. The highest BCUT2D eigenvalue weighted by Crippen LogP contribution is 2.25. The first-order valence-electron chi connectivity index (χ1n) is 7.13. The molecule has 2 unspecified atom stereocenters. The van der Waals surface area contributed by atoms with Crippen molar-refractivity contribution >= 4 is 5.91 Å². The molecule has 1 fully saturated rings. The summed E-state index contributed by atoms with van der Waals surface area (Å²) in [4.78, 5) is 14.1. The Morgan fingerprint density at radius 2 is 1.76 bits per heavy atom. The number of hydrogen-bond donors (Lipinski definition) is 3. The van der Waals surface area contributed by atoms with Gasteiger partial charge in [0.25, 0.3) is 0 Å². The molecule has 0 spiro atoms. The Morgan fingerprint density at radius 3 is 2.33 bits per heavy atom. The molecule has 2 rings (SSSR count). The summed E-state index contributed by atoms with van der Waals surface area (Å²) in [5.74, 6) is 0.0474. The second kappa shape index (κ2) is 6.78. The van der Waals surface area contributed by atoms with E-state index in [4.69, 9.17) is 4.74 Å². The van der Waals surface area contributed by atoms with Crippen molar-refractivity contribution in [1.82, 2.24) is 10.2 Å². The lowest BCUT2D eigenvalue weighted by Crippen LogP contribution is -2.49. The highest BCUT2D eigenvalue weighted by Gasteiger charge is 2.23. The number of morpholine rings is 1. The van der Waals surface area contributed by atoms with Crippen molar-refractivity contribution in [1.29, 1.82) is 0 Å². The molecule has 6 heteroatoms. The third-order valence-electron chi connectivity index (χ3n) is 3.62. The Labute approximate surface area is 124 Å². The minimum Gasteiger partial charge on any atom is -0.508 e. The number of benzene rings is 1. The number of hydrogen-bond acceptors (Lipinski definition) is 5. The molecular formula is C15H22N2O4. The molecule has 1 aromatic carbocycles. The first-order valence-corrected chi connectivity index (χ1v) is 7.13. The van der Waals surface area contributed by atoms with Crippen LogP contribution in [0.3, 0.4) is 0 Å². The number of nitrogens with one attached hydrogen (secondary N) is 1. The zero-order chi connectivity index (χ0) is 15.4. The molecule has 116 valence electrons. The summed E-state index contributed by atoms with van der Waals surface area (Å²) in [6, 6.07) is 3.91. The average molecular weight is 294 g/mol. The summed E-state index contributed by atoms with van der Waals surface area (Å²) in [6.07, 6.45) is 0. The topological polar surface area (TPSA) is 82.0 Å². The van der Waals surface area contributed by atoms with Crippen molar-refractivity contribution in [2.75, 3.05) is 26.3 Å². The van der Waals surface area contributed by atoms with E-state index in [9.17, 15) is 15.0 Å². The summed E-state index contributed by atoms with van der Waals surface area (Å²) in [5.41, 5.74) is 0.731. The van der Waals surface area contributed by atoms with E-state index in [1.54, 1.807) is 17.0 Å². The number of phenolic OH excluding ortho intramolecular Hbond substituents is 2. The average Bonchev–Trinajstić information content (AvgIpc) is 2.46. The predicted molar refractivity (Wildman–Crippen MR) is 78.2 cm³/mol. The van der Waals surface area contributed by atoms with Gasteiger partial charge in [0.15, 0.2) is 0 Å². The van der Waals surface area contributed by atoms with E-state index in [1.807, 2.05) is 13.8 Å². The summed E-state index contributed by atoms with van der Waals surface area (Å²) in [7, 11) is 0. The largest absolute Gasteiger partial charge is 0.508 e. The van der Waals surface area contributed by atoms with Crippen LogP contribution < -0.4 is 5.32 Å². The summed E-state index contributed by atoms with van der Waals surface area (Å²) >= 11 is 0. The van der Waals surface area contributed by atoms with Gasteiger partial charge in [0.05, 0.1) is 19.3 Å². The van der Waals surface area contributed by atoms with Gasteiger partial charge in [-0.05, 0) is 31.5 Å². The van der Waals surface area contributed by atoms with Gasteiger partial charge in [-0.25, -0.2) is 0 Å². The smallest absolute Gasteiger partial charge is 0.239 e. The van der Waals surface area contributed by atoms with E-state index in [1.165, 1.54) is 6.07 Å². The van der Waals surface area contributed by atoms with E-state index >= 15 is 0 Å². The van der Waals surface area contributed by atoms with Crippen LogP contribution in [0.5, 0.6) is 11.5 Å². The van der Waals surface area contributed by atoms with Crippen LogP contribution in [-0.4, -0.2) is 53.4 Å². The predicted octanol–water partition coefficient (Wildman–Crippen LogP) is 0.996. The van der Waals surface area contributed by atoms with Crippen LogP contribution in [0, 0.1) is 0 Å². The molecule has 1 saturated heterocycles. The molecule has 0 aromatic heterocycles. The molecule has 1 aromatic rings. The molecule has 0 aliphatic carbocycles. The van der Waals surface area contributed by atoms with Crippen molar-refractivity contribution in [2.45, 2.75) is 25.9 Å². The van der Waals surface area contributed by atoms with E-state index in [0.29, 0.717) is 26.3 Å². The minimum absolute atomic E-state index is 0.00538.